The second-order valence-electron chi connectivity index (χ2n) is 6.85. The molecule has 3 rings (SSSR count). The lowest BCUT2D eigenvalue weighted by atomic mass is 10.1. The van der Waals surface area contributed by atoms with E-state index in [1.807, 2.05) is 44.5 Å². The van der Waals surface area contributed by atoms with Gasteiger partial charge in [-0.1, -0.05) is 43.3 Å². The van der Waals surface area contributed by atoms with Crippen LogP contribution in [0.5, 0.6) is 0 Å². The van der Waals surface area contributed by atoms with Crippen LogP contribution < -0.4 is 5.32 Å². The van der Waals surface area contributed by atoms with Crippen molar-refractivity contribution in [3.8, 4) is 0 Å². The molecule has 0 aliphatic heterocycles. The maximum atomic E-state index is 12.5. The predicted octanol–water partition coefficient (Wildman–Crippen LogP) is 4.22. The van der Waals surface area contributed by atoms with Crippen molar-refractivity contribution in [2.75, 3.05) is 5.32 Å². The minimum Gasteiger partial charge on any atom is -0.360 e. The van der Waals surface area contributed by atoms with Crippen LogP contribution in [0, 0.1) is 20.8 Å². The summed E-state index contributed by atoms with van der Waals surface area (Å²) >= 11 is 0. The Morgan fingerprint density at radius 3 is 2.62 bits per heavy atom. The molecule has 2 aromatic heterocycles. The smallest absolute Gasteiger partial charge is 0.277 e. The molecule has 136 valence electrons. The molecule has 3 aromatic rings. The van der Waals surface area contributed by atoms with Crippen LogP contribution in [0.3, 0.4) is 0 Å². The Morgan fingerprint density at radius 1 is 1.23 bits per heavy atom. The van der Waals surface area contributed by atoms with Gasteiger partial charge in [-0.05, 0) is 31.9 Å². The van der Waals surface area contributed by atoms with Gasteiger partial charge in [-0.15, -0.1) is 0 Å². The van der Waals surface area contributed by atoms with E-state index in [-0.39, 0.29) is 17.5 Å². The number of nitrogens with one attached hydrogen (secondary N) is 1. The standard InChI is InChI=1S/C20H24N4O2/c1-12(2)18-10-17(23-26-18)20(25)21-19-14(4)22-24(15(19)5)11-16-9-7-6-8-13(16)3/h6-10,12H,11H2,1-5H3,(H,21,25). The van der Waals surface area contributed by atoms with Crippen molar-refractivity contribution >= 4 is 11.6 Å². The van der Waals surface area contributed by atoms with E-state index in [1.54, 1.807) is 6.07 Å². The monoisotopic (exact) mass is 352 g/mol. The number of hydrogen-bond acceptors (Lipinski definition) is 4. The maximum absolute atomic E-state index is 12.5. The summed E-state index contributed by atoms with van der Waals surface area (Å²) in [6.45, 7) is 10.6. The molecular formula is C20H24N4O2. The summed E-state index contributed by atoms with van der Waals surface area (Å²) in [7, 11) is 0. The number of hydrogen-bond donors (Lipinski definition) is 1. The topological polar surface area (TPSA) is 73.0 Å². The number of carbonyl (C=O) groups excluding carboxylic acids is 1. The van der Waals surface area contributed by atoms with Crippen LogP contribution in [0.1, 0.15) is 58.5 Å². The SMILES string of the molecule is Cc1ccccc1Cn1nc(C)c(NC(=O)c2cc(C(C)C)on2)c1C. The first-order chi connectivity index (χ1) is 12.4. The maximum Gasteiger partial charge on any atom is 0.277 e. The highest BCUT2D eigenvalue weighted by atomic mass is 16.5. The quantitative estimate of drug-likeness (QED) is 0.746. The highest BCUT2D eigenvalue weighted by Gasteiger charge is 2.19. The molecule has 6 heteroatoms. The minimum atomic E-state index is -0.290. The molecule has 0 saturated carbocycles. The van der Waals surface area contributed by atoms with E-state index in [0.717, 1.165) is 17.1 Å². The lowest BCUT2D eigenvalue weighted by Gasteiger charge is -2.08. The number of anilines is 1. The Labute approximate surface area is 153 Å². The first-order valence-electron chi connectivity index (χ1n) is 8.73. The molecule has 0 bridgehead atoms. The molecule has 0 spiro atoms. The molecule has 0 atom stereocenters. The van der Waals surface area contributed by atoms with E-state index < -0.39 is 0 Å². The van der Waals surface area contributed by atoms with E-state index >= 15 is 0 Å². The molecule has 0 saturated heterocycles. The third-order valence-electron chi connectivity index (χ3n) is 4.53. The Kier molecular flexibility index (Phi) is 4.93. The molecule has 0 unspecified atom stereocenters. The first-order valence-corrected chi connectivity index (χ1v) is 8.73. The molecule has 2 heterocycles. The van der Waals surface area contributed by atoms with Crippen molar-refractivity contribution in [3.05, 3.63) is 64.3 Å². The van der Waals surface area contributed by atoms with Crippen molar-refractivity contribution in [1.82, 2.24) is 14.9 Å². The summed E-state index contributed by atoms with van der Waals surface area (Å²) in [4.78, 5) is 12.5. The molecule has 1 amide bonds. The first kappa shape index (κ1) is 17.9. The highest BCUT2D eigenvalue weighted by Crippen LogP contribution is 2.22. The van der Waals surface area contributed by atoms with Crippen molar-refractivity contribution < 1.29 is 9.32 Å². The van der Waals surface area contributed by atoms with Crippen LogP contribution >= 0.6 is 0 Å². The number of rotatable bonds is 5. The van der Waals surface area contributed by atoms with Crippen LogP contribution in [0.2, 0.25) is 0 Å². The molecule has 1 aromatic carbocycles. The van der Waals surface area contributed by atoms with E-state index in [4.69, 9.17) is 4.52 Å². The Morgan fingerprint density at radius 2 is 1.96 bits per heavy atom. The van der Waals surface area contributed by atoms with Gasteiger partial charge in [0.25, 0.3) is 5.91 Å². The number of nitrogens with zero attached hydrogens (tertiary/aromatic N) is 3. The van der Waals surface area contributed by atoms with Crippen molar-refractivity contribution in [3.63, 3.8) is 0 Å². The van der Waals surface area contributed by atoms with Gasteiger partial charge in [-0.2, -0.15) is 5.10 Å². The molecule has 6 nitrogen and oxygen atoms in total. The number of aryl methyl sites for hydroxylation is 2. The fraction of sp³-hybridized carbons (Fsp3) is 0.350. The number of benzene rings is 1. The number of amides is 1. The lowest BCUT2D eigenvalue weighted by Crippen LogP contribution is -2.13. The Balaban J connectivity index is 1.81. The van der Waals surface area contributed by atoms with Crippen LogP contribution in [0.4, 0.5) is 5.69 Å². The summed E-state index contributed by atoms with van der Waals surface area (Å²) in [5, 5.41) is 11.4. The van der Waals surface area contributed by atoms with Gasteiger partial charge in [0.15, 0.2) is 5.69 Å². The van der Waals surface area contributed by atoms with Gasteiger partial charge in [0.05, 0.1) is 23.6 Å². The second-order valence-corrected chi connectivity index (χ2v) is 6.85. The normalized spacial score (nSPS) is 11.2. The average Bonchev–Trinajstić information content (AvgIpc) is 3.18. The van der Waals surface area contributed by atoms with Gasteiger partial charge in [0, 0.05) is 12.0 Å². The second kappa shape index (κ2) is 7.15. The van der Waals surface area contributed by atoms with Crippen LogP contribution in [0.25, 0.3) is 0 Å². The summed E-state index contributed by atoms with van der Waals surface area (Å²) in [6, 6.07) is 9.90. The van der Waals surface area contributed by atoms with Gasteiger partial charge < -0.3 is 9.84 Å². The van der Waals surface area contributed by atoms with Crippen molar-refractivity contribution in [2.24, 2.45) is 0 Å². The Bertz CT molecular complexity index is 937. The average molecular weight is 352 g/mol. The number of aromatic nitrogens is 3. The van der Waals surface area contributed by atoms with Gasteiger partial charge in [-0.3, -0.25) is 9.48 Å². The van der Waals surface area contributed by atoms with Crippen molar-refractivity contribution in [2.45, 2.75) is 47.1 Å². The van der Waals surface area contributed by atoms with Gasteiger partial charge in [0.2, 0.25) is 0 Å². The van der Waals surface area contributed by atoms with E-state index in [9.17, 15) is 4.79 Å². The van der Waals surface area contributed by atoms with Gasteiger partial charge >= 0.3 is 0 Å². The summed E-state index contributed by atoms with van der Waals surface area (Å²) < 4.78 is 7.12. The zero-order valence-corrected chi connectivity index (χ0v) is 15.8. The fourth-order valence-corrected chi connectivity index (χ4v) is 2.83. The summed E-state index contributed by atoms with van der Waals surface area (Å²) in [5.74, 6) is 0.588. The zero-order chi connectivity index (χ0) is 18.8. The predicted molar refractivity (Wildman–Crippen MR) is 101 cm³/mol. The van der Waals surface area contributed by atoms with Gasteiger partial charge in [0.1, 0.15) is 5.76 Å². The highest BCUT2D eigenvalue weighted by molar-refractivity contribution is 6.03. The van der Waals surface area contributed by atoms with Crippen LogP contribution in [-0.2, 0) is 6.54 Å². The zero-order valence-electron chi connectivity index (χ0n) is 15.8. The summed E-state index contributed by atoms with van der Waals surface area (Å²) in [5.41, 5.74) is 5.10. The third kappa shape index (κ3) is 3.54. The molecule has 0 fully saturated rings. The largest absolute Gasteiger partial charge is 0.360 e. The molecular weight excluding hydrogens is 328 g/mol. The molecule has 1 N–H and O–H groups in total. The van der Waals surface area contributed by atoms with Crippen LogP contribution in [-0.4, -0.2) is 20.8 Å². The molecule has 26 heavy (non-hydrogen) atoms. The lowest BCUT2D eigenvalue weighted by molar-refractivity contribution is 0.101. The Hall–Kier alpha value is -2.89. The van der Waals surface area contributed by atoms with Gasteiger partial charge in [-0.25, -0.2) is 0 Å². The van der Waals surface area contributed by atoms with E-state index in [0.29, 0.717) is 12.3 Å². The number of carbonyl (C=O) groups is 1. The van der Waals surface area contributed by atoms with Crippen LogP contribution in [0.15, 0.2) is 34.9 Å². The summed E-state index contributed by atoms with van der Waals surface area (Å²) in [6.07, 6.45) is 0. The third-order valence-corrected chi connectivity index (χ3v) is 4.53. The molecule has 0 radical (unpaired) electrons. The van der Waals surface area contributed by atoms with E-state index in [2.05, 4.69) is 34.6 Å². The fourth-order valence-electron chi connectivity index (χ4n) is 2.83. The molecule has 0 aliphatic carbocycles. The van der Waals surface area contributed by atoms with E-state index in [1.165, 1.54) is 11.1 Å². The van der Waals surface area contributed by atoms with Crippen molar-refractivity contribution in [1.29, 1.82) is 0 Å². The molecule has 0 aliphatic rings. The minimum absolute atomic E-state index is 0.185.